The molecular formula is C9H16BNO2S. The SMILES string of the molecule is CN/C=C(\C=S)B1OCC(C)(C)CO1. The summed E-state index contributed by atoms with van der Waals surface area (Å²) in [6.07, 6.45) is 1.80. The number of rotatable bonds is 3. The standard InChI is InChI=1S/C9H16BNO2S/c1-9(2)6-12-10(13-7-9)8(5-14)4-11-3/h4-5,11H,6-7H2,1-3H3/b8-4+. The summed E-state index contributed by atoms with van der Waals surface area (Å²) in [6, 6.07) is 0. The van der Waals surface area contributed by atoms with Gasteiger partial charge in [-0.3, -0.25) is 0 Å². The Balaban J connectivity index is 2.56. The zero-order valence-corrected chi connectivity index (χ0v) is 9.69. The second-order valence-corrected chi connectivity index (χ2v) is 4.40. The number of allylic oxidation sites excluding steroid dienone is 1. The number of hydrogen-bond acceptors (Lipinski definition) is 4. The van der Waals surface area contributed by atoms with Crippen LogP contribution in [0.1, 0.15) is 13.8 Å². The van der Waals surface area contributed by atoms with E-state index in [4.69, 9.17) is 21.5 Å². The maximum absolute atomic E-state index is 5.57. The molecule has 0 aromatic rings. The lowest BCUT2D eigenvalue weighted by atomic mass is 9.76. The van der Waals surface area contributed by atoms with Gasteiger partial charge in [-0.1, -0.05) is 26.1 Å². The highest BCUT2D eigenvalue weighted by Crippen LogP contribution is 2.23. The molecule has 1 aliphatic rings. The van der Waals surface area contributed by atoms with Crippen molar-refractivity contribution in [2.75, 3.05) is 20.3 Å². The summed E-state index contributed by atoms with van der Waals surface area (Å²) in [5.41, 5.74) is 0.959. The summed E-state index contributed by atoms with van der Waals surface area (Å²) in [7, 11) is 1.51. The lowest BCUT2D eigenvalue weighted by Gasteiger charge is -2.33. The van der Waals surface area contributed by atoms with Gasteiger partial charge in [-0.15, -0.1) is 0 Å². The molecule has 78 valence electrons. The molecule has 0 spiro atoms. The molecule has 1 fully saturated rings. The predicted molar refractivity (Wildman–Crippen MR) is 62.2 cm³/mol. The van der Waals surface area contributed by atoms with Gasteiger partial charge in [0.05, 0.1) is 0 Å². The van der Waals surface area contributed by atoms with Gasteiger partial charge in [-0.2, -0.15) is 0 Å². The maximum Gasteiger partial charge on any atom is 0.496 e. The molecule has 0 amide bonds. The van der Waals surface area contributed by atoms with Crippen molar-refractivity contribution in [3.8, 4) is 0 Å². The third-order valence-electron chi connectivity index (χ3n) is 1.97. The number of hydrogen-bond donors (Lipinski definition) is 1. The van der Waals surface area contributed by atoms with Gasteiger partial charge >= 0.3 is 7.12 Å². The summed E-state index contributed by atoms with van der Waals surface area (Å²) in [5.74, 6) is 0. The first-order chi connectivity index (χ1) is 6.59. The molecular weight excluding hydrogens is 197 g/mol. The van der Waals surface area contributed by atoms with E-state index < -0.39 is 0 Å². The third-order valence-corrected chi connectivity index (χ3v) is 2.24. The second-order valence-electron chi connectivity index (χ2n) is 4.17. The molecule has 0 atom stereocenters. The van der Waals surface area contributed by atoms with Gasteiger partial charge in [0.25, 0.3) is 0 Å². The second kappa shape index (κ2) is 4.91. The summed E-state index contributed by atoms with van der Waals surface area (Å²) in [5, 5.41) is 4.50. The van der Waals surface area contributed by atoms with Crippen molar-refractivity contribution in [2.24, 2.45) is 5.41 Å². The molecule has 1 rings (SSSR count). The minimum atomic E-state index is -0.312. The van der Waals surface area contributed by atoms with E-state index in [0.717, 1.165) is 5.47 Å². The number of nitrogens with one attached hydrogen (secondary N) is 1. The minimum absolute atomic E-state index is 0.0999. The van der Waals surface area contributed by atoms with Crippen LogP contribution in [0, 0.1) is 5.41 Å². The van der Waals surface area contributed by atoms with Gasteiger partial charge in [0, 0.05) is 36.5 Å². The van der Waals surface area contributed by atoms with E-state index in [1.54, 1.807) is 11.6 Å². The van der Waals surface area contributed by atoms with Gasteiger partial charge in [0.2, 0.25) is 0 Å². The topological polar surface area (TPSA) is 30.5 Å². The Bertz CT molecular complexity index is 233. The zero-order chi connectivity index (χ0) is 10.6. The van der Waals surface area contributed by atoms with Crippen LogP contribution in [0.5, 0.6) is 0 Å². The lowest BCUT2D eigenvalue weighted by Crippen LogP contribution is -2.42. The average Bonchev–Trinajstić information content (AvgIpc) is 2.15. The molecule has 0 aromatic heterocycles. The number of thiocarbonyl (C=S) groups is 1. The Morgan fingerprint density at radius 3 is 2.43 bits per heavy atom. The van der Waals surface area contributed by atoms with E-state index in [2.05, 4.69) is 19.2 Å². The third kappa shape index (κ3) is 3.08. The monoisotopic (exact) mass is 213 g/mol. The molecule has 0 bridgehead atoms. The zero-order valence-electron chi connectivity index (χ0n) is 8.87. The first kappa shape index (κ1) is 11.7. The smallest absolute Gasteiger partial charge is 0.407 e. The molecule has 0 saturated carbocycles. The van der Waals surface area contributed by atoms with Crippen molar-refractivity contribution >= 4 is 24.7 Å². The van der Waals surface area contributed by atoms with Crippen LogP contribution in [-0.4, -0.2) is 32.7 Å². The quantitative estimate of drug-likeness (QED) is 0.433. The molecule has 1 saturated heterocycles. The fourth-order valence-electron chi connectivity index (χ4n) is 1.21. The van der Waals surface area contributed by atoms with Crippen molar-refractivity contribution in [1.29, 1.82) is 0 Å². The molecule has 0 unspecified atom stereocenters. The molecule has 0 aromatic carbocycles. The molecule has 1 N–H and O–H groups in total. The maximum atomic E-state index is 5.57. The molecule has 0 aliphatic carbocycles. The predicted octanol–water partition coefficient (Wildman–Crippen LogP) is 1.19. The Hall–Kier alpha value is -0.385. The van der Waals surface area contributed by atoms with Crippen molar-refractivity contribution in [3.63, 3.8) is 0 Å². The van der Waals surface area contributed by atoms with Gasteiger partial charge in [-0.25, -0.2) is 0 Å². The van der Waals surface area contributed by atoms with E-state index in [9.17, 15) is 0 Å². The first-order valence-corrected chi connectivity index (χ1v) is 5.12. The van der Waals surface area contributed by atoms with Crippen LogP contribution in [0.25, 0.3) is 0 Å². The Morgan fingerprint density at radius 1 is 1.43 bits per heavy atom. The average molecular weight is 213 g/mol. The molecule has 0 radical (unpaired) electrons. The summed E-state index contributed by atoms with van der Waals surface area (Å²) >= 11 is 4.88. The highest BCUT2D eigenvalue weighted by atomic mass is 32.1. The molecule has 3 nitrogen and oxygen atoms in total. The van der Waals surface area contributed by atoms with Gasteiger partial charge in [-0.05, 0) is 6.20 Å². The molecule has 5 heteroatoms. The van der Waals surface area contributed by atoms with Crippen molar-refractivity contribution < 1.29 is 9.31 Å². The van der Waals surface area contributed by atoms with Crippen molar-refractivity contribution in [2.45, 2.75) is 13.8 Å². The lowest BCUT2D eigenvalue weighted by molar-refractivity contribution is 0.0329. The molecule has 1 heterocycles. The van der Waals surface area contributed by atoms with Crippen LogP contribution >= 0.6 is 12.2 Å². The van der Waals surface area contributed by atoms with Crippen LogP contribution in [0.3, 0.4) is 0 Å². The Morgan fingerprint density at radius 2 is 2.00 bits per heavy atom. The van der Waals surface area contributed by atoms with Crippen molar-refractivity contribution in [1.82, 2.24) is 5.32 Å². The van der Waals surface area contributed by atoms with Gasteiger partial charge < -0.3 is 14.6 Å². The highest BCUT2D eigenvalue weighted by molar-refractivity contribution is 7.79. The van der Waals surface area contributed by atoms with E-state index >= 15 is 0 Å². The fraction of sp³-hybridized carbons (Fsp3) is 0.667. The molecule has 1 aliphatic heterocycles. The largest absolute Gasteiger partial charge is 0.496 e. The van der Waals surface area contributed by atoms with E-state index in [0.29, 0.717) is 13.2 Å². The Labute approximate surface area is 91.0 Å². The normalized spacial score (nSPS) is 21.9. The van der Waals surface area contributed by atoms with Crippen LogP contribution in [0.15, 0.2) is 11.7 Å². The van der Waals surface area contributed by atoms with Crippen molar-refractivity contribution in [3.05, 3.63) is 11.7 Å². The van der Waals surface area contributed by atoms with Crippen LogP contribution < -0.4 is 5.32 Å². The van der Waals surface area contributed by atoms with Gasteiger partial charge in [0.1, 0.15) is 0 Å². The first-order valence-electron chi connectivity index (χ1n) is 4.65. The Kier molecular flexibility index (Phi) is 4.10. The fourth-order valence-corrected chi connectivity index (χ4v) is 1.39. The van der Waals surface area contributed by atoms with Gasteiger partial charge in [0.15, 0.2) is 0 Å². The molecule has 14 heavy (non-hydrogen) atoms. The van der Waals surface area contributed by atoms with E-state index in [1.807, 2.05) is 7.05 Å². The minimum Gasteiger partial charge on any atom is -0.407 e. The summed E-state index contributed by atoms with van der Waals surface area (Å²) in [4.78, 5) is 0. The summed E-state index contributed by atoms with van der Waals surface area (Å²) in [6.45, 7) is 5.62. The van der Waals surface area contributed by atoms with Crippen LogP contribution in [0.2, 0.25) is 0 Å². The van der Waals surface area contributed by atoms with E-state index in [1.165, 1.54) is 0 Å². The van der Waals surface area contributed by atoms with E-state index in [-0.39, 0.29) is 12.5 Å². The summed E-state index contributed by atoms with van der Waals surface area (Å²) < 4.78 is 11.1. The van der Waals surface area contributed by atoms with Crippen LogP contribution in [0.4, 0.5) is 0 Å². The highest BCUT2D eigenvalue weighted by Gasteiger charge is 2.33. The van der Waals surface area contributed by atoms with Crippen LogP contribution in [-0.2, 0) is 9.31 Å².